The number of hydrogen-bond acceptors (Lipinski definition) is 7. The third-order valence-corrected chi connectivity index (χ3v) is 6.88. The summed E-state index contributed by atoms with van der Waals surface area (Å²) in [7, 11) is 3.24. The quantitative estimate of drug-likeness (QED) is 0.492. The number of carbonyl (C=O) groups excluding carboxylic acids is 2. The van der Waals surface area contributed by atoms with Gasteiger partial charge < -0.3 is 19.2 Å². The first-order chi connectivity index (χ1) is 15.5. The monoisotopic (exact) mass is 460 g/mol. The van der Waals surface area contributed by atoms with Crippen LogP contribution in [0.1, 0.15) is 50.0 Å². The van der Waals surface area contributed by atoms with Crippen molar-refractivity contribution in [1.29, 1.82) is 0 Å². The van der Waals surface area contributed by atoms with Crippen LogP contribution in [0.3, 0.4) is 0 Å². The molecule has 3 atom stereocenters. The van der Waals surface area contributed by atoms with Crippen molar-refractivity contribution in [3.05, 3.63) is 35.7 Å². The zero-order valence-electron chi connectivity index (χ0n) is 19.0. The minimum absolute atomic E-state index is 0.0842. The number of benzene rings is 1. The van der Waals surface area contributed by atoms with Crippen molar-refractivity contribution in [2.45, 2.75) is 63.4 Å². The summed E-state index contributed by atoms with van der Waals surface area (Å²) in [5, 5.41) is 2.33. The van der Waals surface area contributed by atoms with Crippen molar-refractivity contribution in [3.63, 3.8) is 0 Å². The molecule has 3 rings (SSSR count). The Labute approximate surface area is 193 Å². The molecule has 1 heterocycles. The average molecular weight is 461 g/mol. The molecular formula is C24H32N2O5S. The topological polar surface area (TPSA) is 90.7 Å². The molecule has 1 aromatic heterocycles. The second-order valence-electron chi connectivity index (χ2n) is 8.13. The van der Waals surface area contributed by atoms with Gasteiger partial charge in [0, 0.05) is 12.6 Å². The van der Waals surface area contributed by atoms with E-state index in [4.69, 9.17) is 13.9 Å². The highest BCUT2D eigenvalue weighted by Gasteiger charge is 2.26. The van der Waals surface area contributed by atoms with Gasteiger partial charge >= 0.3 is 0 Å². The Morgan fingerprint density at radius 1 is 1.41 bits per heavy atom. The third-order valence-electron chi connectivity index (χ3n) is 6.00. The summed E-state index contributed by atoms with van der Waals surface area (Å²) in [4.78, 5) is 27.4. The minimum Gasteiger partial charge on any atom is -0.497 e. The largest absolute Gasteiger partial charge is 0.497 e. The standard InChI is InChI=1S/C24H32N2O5S/c1-16-21(26-24(31-16)18-7-5-8-19(13-18)29-3)14-30-20-9-4-6-17(12-20)10-11-22(32-15-27)23(28)25-2/h5,7-8,13,15,17,20,22H,4,6,9-12,14H2,1-3H3,(H,25,28). The molecule has 1 amide bonds. The first-order valence-corrected chi connectivity index (χ1v) is 12.0. The molecule has 0 radical (unpaired) electrons. The van der Waals surface area contributed by atoms with E-state index in [0.29, 0.717) is 24.8 Å². The molecular weight excluding hydrogens is 428 g/mol. The maximum absolute atomic E-state index is 11.9. The predicted octanol–water partition coefficient (Wildman–Crippen LogP) is 4.55. The summed E-state index contributed by atoms with van der Waals surface area (Å²) in [6, 6.07) is 7.64. The molecule has 0 saturated heterocycles. The fraction of sp³-hybridized carbons (Fsp3) is 0.542. The smallest absolute Gasteiger partial charge is 0.233 e. The van der Waals surface area contributed by atoms with Gasteiger partial charge in [0.2, 0.25) is 11.8 Å². The van der Waals surface area contributed by atoms with Gasteiger partial charge in [-0.3, -0.25) is 9.59 Å². The van der Waals surface area contributed by atoms with Crippen LogP contribution in [-0.2, 0) is 20.9 Å². The van der Waals surface area contributed by atoms with Gasteiger partial charge in [0.25, 0.3) is 0 Å². The van der Waals surface area contributed by atoms with Gasteiger partial charge in [-0.25, -0.2) is 4.98 Å². The molecule has 1 aromatic carbocycles. The van der Waals surface area contributed by atoms with Crippen LogP contribution in [0.15, 0.2) is 28.7 Å². The number of hydrogen-bond donors (Lipinski definition) is 1. The van der Waals surface area contributed by atoms with Gasteiger partial charge in [-0.05, 0) is 56.7 Å². The van der Waals surface area contributed by atoms with E-state index in [0.717, 1.165) is 72.3 Å². The highest BCUT2D eigenvalue weighted by atomic mass is 32.2. The van der Waals surface area contributed by atoms with E-state index >= 15 is 0 Å². The SMILES string of the molecule is CNC(=O)C(CCC1CCCC(OCc2nc(-c3cccc(OC)c3)oc2C)C1)SC=O. The molecule has 32 heavy (non-hydrogen) atoms. The molecule has 0 bridgehead atoms. The molecule has 3 unspecified atom stereocenters. The van der Waals surface area contributed by atoms with E-state index < -0.39 is 0 Å². The first-order valence-electron chi connectivity index (χ1n) is 11.1. The summed E-state index contributed by atoms with van der Waals surface area (Å²) < 4.78 is 17.4. The number of carbonyl (C=O) groups is 2. The van der Waals surface area contributed by atoms with Gasteiger partial charge in [-0.15, -0.1) is 0 Å². The van der Waals surface area contributed by atoms with Crippen LogP contribution in [0.5, 0.6) is 5.75 Å². The maximum atomic E-state index is 11.9. The minimum atomic E-state index is -0.313. The summed E-state index contributed by atoms with van der Waals surface area (Å²) in [5.74, 6) is 2.50. The Kier molecular flexibility index (Phi) is 9.17. The van der Waals surface area contributed by atoms with Gasteiger partial charge in [-0.1, -0.05) is 30.7 Å². The van der Waals surface area contributed by atoms with E-state index in [1.807, 2.05) is 31.2 Å². The molecule has 1 aliphatic rings. The van der Waals surface area contributed by atoms with Gasteiger partial charge in [0.1, 0.15) is 17.2 Å². The number of aromatic nitrogens is 1. The number of rotatable bonds is 11. The molecule has 0 spiro atoms. The van der Waals surface area contributed by atoms with Crippen molar-refractivity contribution < 1.29 is 23.5 Å². The number of aryl methyl sites for hydroxylation is 1. The van der Waals surface area contributed by atoms with Crippen LogP contribution < -0.4 is 10.1 Å². The van der Waals surface area contributed by atoms with Crippen LogP contribution in [-0.4, -0.2) is 42.0 Å². The fourth-order valence-electron chi connectivity index (χ4n) is 4.17. The van der Waals surface area contributed by atoms with E-state index in [9.17, 15) is 9.59 Å². The summed E-state index contributed by atoms with van der Waals surface area (Å²) in [6.07, 6.45) is 6.02. The van der Waals surface area contributed by atoms with Crippen molar-refractivity contribution >= 4 is 23.3 Å². The molecule has 174 valence electrons. The summed E-state index contributed by atoms with van der Waals surface area (Å²) in [6.45, 7) is 2.32. The number of methoxy groups -OCH3 is 1. The Balaban J connectivity index is 1.53. The van der Waals surface area contributed by atoms with Crippen LogP contribution in [0, 0.1) is 12.8 Å². The highest BCUT2D eigenvalue weighted by molar-refractivity contribution is 8.13. The molecule has 1 N–H and O–H groups in total. The van der Waals surface area contributed by atoms with E-state index in [-0.39, 0.29) is 17.3 Å². The average Bonchev–Trinajstić information content (AvgIpc) is 3.20. The molecule has 8 heteroatoms. The van der Waals surface area contributed by atoms with E-state index in [1.54, 1.807) is 14.2 Å². The molecule has 7 nitrogen and oxygen atoms in total. The van der Waals surface area contributed by atoms with Crippen LogP contribution in [0.2, 0.25) is 0 Å². The van der Waals surface area contributed by atoms with E-state index in [1.165, 1.54) is 0 Å². The first kappa shape index (κ1) is 24.3. The Morgan fingerprint density at radius 2 is 2.25 bits per heavy atom. The normalized spacial score (nSPS) is 19.3. The second kappa shape index (κ2) is 12.1. The number of amides is 1. The Morgan fingerprint density at radius 3 is 3.00 bits per heavy atom. The van der Waals surface area contributed by atoms with Gasteiger partial charge in [0.15, 0.2) is 5.62 Å². The third kappa shape index (κ3) is 6.59. The number of ether oxygens (including phenoxy) is 2. The van der Waals surface area contributed by atoms with Gasteiger partial charge in [0.05, 0.1) is 25.1 Å². The molecule has 2 aromatic rings. The lowest BCUT2D eigenvalue weighted by Crippen LogP contribution is -2.31. The van der Waals surface area contributed by atoms with Crippen LogP contribution in [0.25, 0.3) is 11.5 Å². The Bertz CT molecular complexity index is 900. The van der Waals surface area contributed by atoms with Crippen molar-refractivity contribution in [2.24, 2.45) is 5.92 Å². The summed E-state index contributed by atoms with van der Waals surface area (Å²) >= 11 is 1.06. The van der Waals surface area contributed by atoms with Crippen molar-refractivity contribution in [1.82, 2.24) is 10.3 Å². The molecule has 1 fully saturated rings. The second-order valence-corrected chi connectivity index (χ2v) is 9.17. The number of nitrogens with zero attached hydrogens (tertiary/aromatic N) is 1. The van der Waals surface area contributed by atoms with E-state index in [2.05, 4.69) is 10.3 Å². The molecule has 1 aliphatic carbocycles. The molecule has 1 saturated carbocycles. The Hall–Kier alpha value is -2.32. The maximum Gasteiger partial charge on any atom is 0.233 e. The number of nitrogens with one attached hydrogen (secondary N) is 1. The van der Waals surface area contributed by atoms with Crippen LogP contribution in [0.4, 0.5) is 0 Å². The highest BCUT2D eigenvalue weighted by Crippen LogP contribution is 2.32. The fourth-order valence-corrected chi connectivity index (χ4v) is 4.82. The number of oxazole rings is 1. The summed E-state index contributed by atoms with van der Waals surface area (Å²) in [5.41, 5.74) is 2.44. The lowest BCUT2D eigenvalue weighted by molar-refractivity contribution is -0.120. The lowest BCUT2D eigenvalue weighted by Gasteiger charge is -2.29. The lowest BCUT2D eigenvalue weighted by atomic mass is 9.84. The zero-order chi connectivity index (χ0) is 22.9. The predicted molar refractivity (Wildman–Crippen MR) is 125 cm³/mol. The van der Waals surface area contributed by atoms with Crippen molar-refractivity contribution in [2.75, 3.05) is 14.2 Å². The van der Waals surface area contributed by atoms with Crippen molar-refractivity contribution in [3.8, 4) is 17.2 Å². The van der Waals surface area contributed by atoms with Crippen LogP contribution >= 0.6 is 11.8 Å². The number of thioether (sulfide) groups is 1. The van der Waals surface area contributed by atoms with Gasteiger partial charge in [-0.2, -0.15) is 0 Å². The molecule has 0 aliphatic heterocycles. The zero-order valence-corrected chi connectivity index (χ0v) is 19.8.